The smallest absolute Gasteiger partial charge is 0.261 e. The van der Waals surface area contributed by atoms with Crippen LogP contribution in [0.2, 0.25) is 0 Å². The lowest BCUT2D eigenvalue weighted by molar-refractivity contribution is 0.00988. The molecular weight excluding hydrogens is 192 g/mol. The molecule has 0 radical (unpaired) electrons. The van der Waals surface area contributed by atoms with E-state index in [-0.39, 0.29) is 6.61 Å². The molecule has 1 aromatic heterocycles. The second-order valence-corrected chi connectivity index (χ2v) is 2.60. The zero-order valence-electron chi connectivity index (χ0n) is 7.41. The third-order valence-corrected chi connectivity index (χ3v) is 1.48. The molecule has 78 valence electrons. The quantitative estimate of drug-likeness (QED) is 0.556. The highest BCUT2D eigenvalue weighted by molar-refractivity contribution is 5.35. The van der Waals surface area contributed by atoms with E-state index in [0.29, 0.717) is 5.82 Å². The molecule has 0 aliphatic rings. The molecule has 0 aliphatic heterocycles. The minimum atomic E-state index is -2.44. The van der Waals surface area contributed by atoms with Crippen LogP contribution < -0.4 is 11.3 Å². The second kappa shape index (κ2) is 5.46. The Balaban J connectivity index is 2.42. The first-order valence-electron chi connectivity index (χ1n) is 4.00. The Bertz CT molecular complexity index is 283. The zero-order chi connectivity index (χ0) is 10.4. The summed E-state index contributed by atoms with van der Waals surface area (Å²) in [5.74, 6) is 5.60. The van der Waals surface area contributed by atoms with E-state index in [4.69, 9.17) is 10.6 Å². The minimum absolute atomic E-state index is 0.127. The fourth-order valence-corrected chi connectivity index (χ4v) is 0.909. The van der Waals surface area contributed by atoms with Gasteiger partial charge in [-0.05, 0) is 17.7 Å². The number of alkyl halides is 2. The molecule has 0 aliphatic carbocycles. The van der Waals surface area contributed by atoms with Crippen molar-refractivity contribution in [2.24, 2.45) is 5.84 Å². The number of nitrogens with zero attached hydrogens (tertiary/aromatic N) is 1. The van der Waals surface area contributed by atoms with Gasteiger partial charge in [0.2, 0.25) is 0 Å². The second-order valence-electron chi connectivity index (χ2n) is 2.60. The highest BCUT2D eigenvalue weighted by Crippen LogP contribution is 2.07. The molecular formula is C8H11F2N3O. The van der Waals surface area contributed by atoms with E-state index >= 15 is 0 Å². The lowest BCUT2D eigenvalue weighted by Crippen LogP contribution is -2.09. The van der Waals surface area contributed by atoms with E-state index in [1.165, 1.54) is 6.20 Å². The maximum atomic E-state index is 11.7. The molecule has 1 heterocycles. The number of rotatable bonds is 5. The molecule has 1 aromatic rings. The fourth-order valence-electron chi connectivity index (χ4n) is 0.909. The van der Waals surface area contributed by atoms with Gasteiger partial charge < -0.3 is 10.2 Å². The summed E-state index contributed by atoms with van der Waals surface area (Å²) in [6.07, 6.45) is -0.917. The van der Waals surface area contributed by atoms with Gasteiger partial charge in [-0.15, -0.1) is 0 Å². The van der Waals surface area contributed by atoms with Gasteiger partial charge in [0.25, 0.3) is 6.43 Å². The largest absolute Gasteiger partial charge is 0.371 e. The van der Waals surface area contributed by atoms with Gasteiger partial charge >= 0.3 is 0 Å². The summed E-state index contributed by atoms with van der Waals surface area (Å²) in [4.78, 5) is 3.86. The van der Waals surface area contributed by atoms with E-state index < -0.39 is 13.0 Å². The number of aromatic nitrogens is 1. The lowest BCUT2D eigenvalue weighted by atomic mass is 10.3. The third-order valence-electron chi connectivity index (χ3n) is 1.48. The number of hydrogen-bond donors (Lipinski definition) is 2. The van der Waals surface area contributed by atoms with Crippen molar-refractivity contribution in [1.29, 1.82) is 0 Å². The number of nitrogens with one attached hydrogen (secondary N) is 1. The van der Waals surface area contributed by atoms with Gasteiger partial charge in [-0.2, -0.15) is 0 Å². The van der Waals surface area contributed by atoms with Crippen LogP contribution in [0.1, 0.15) is 5.56 Å². The SMILES string of the molecule is NNc1cc(COCC(F)F)ccn1. The molecule has 0 spiro atoms. The van der Waals surface area contributed by atoms with Crippen LogP contribution in [0.3, 0.4) is 0 Å². The van der Waals surface area contributed by atoms with Crippen molar-refractivity contribution in [2.75, 3.05) is 12.0 Å². The fraction of sp³-hybridized carbons (Fsp3) is 0.375. The molecule has 0 fully saturated rings. The maximum absolute atomic E-state index is 11.7. The van der Waals surface area contributed by atoms with Crippen LogP contribution in [0.5, 0.6) is 0 Å². The van der Waals surface area contributed by atoms with Gasteiger partial charge in [-0.25, -0.2) is 19.6 Å². The highest BCUT2D eigenvalue weighted by Gasteiger charge is 2.02. The molecule has 6 heteroatoms. The number of pyridine rings is 1. The third kappa shape index (κ3) is 3.63. The van der Waals surface area contributed by atoms with Crippen molar-refractivity contribution in [2.45, 2.75) is 13.0 Å². The first-order valence-corrected chi connectivity index (χ1v) is 4.00. The number of anilines is 1. The van der Waals surface area contributed by atoms with Crippen LogP contribution in [0, 0.1) is 0 Å². The molecule has 3 N–H and O–H groups in total. The Morgan fingerprint density at radius 1 is 1.57 bits per heavy atom. The highest BCUT2D eigenvalue weighted by atomic mass is 19.3. The number of nitrogen functional groups attached to an aromatic ring is 1. The molecule has 0 saturated carbocycles. The molecule has 4 nitrogen and oxygen atoms in total. The molecule has 0 aromatic carbocycles. The first kappa shape index (κ1) is 10.8. The summed E-state index contributed by atoms with van der Waals surface area (Å²) in [5.41, 5.74) is 3.10. The van der Waals surface area contributed by atoms with E-state index in [1.807, 2.05) is 0 Å². The molecule has 1 rings (SSSR count). The van der Waals surface area contributed by atoms with Crippen LogP contribution in [0.25, 0.3) is 0 Å². The monoisotopic (exact) mass is 203 g/mol. The topological polar surface area (TPSA) is 60.2 Å². The van der Waals surface area contributed by atoms with Crippen LogP contribution in [0.15, 0.2) is 18.3 Å². The van der Waals surface area contributed by atoms with Gasteiger partial charge in [0.15, 0.2) is 0 Å². The summed E-state index contributed by atoms with van der Waals surface area (Å²) in [5, 5.41) is 0. The predicted octanol–water partition coefficient (Wildman–Crippen LogP) is 1.15. The molecule has 0 bridgehead atoms. The van der Waals surface area contributed by atoms with Crippen LogP contribution in [0.4, 0.5) is 14.6 Å². The molecule has 0 atom stereocenters. The number of hydrazine groups is 1. The number of halogens is 2. The van der Waals surface area contributed by atoms with Gasteiger partial charge in [0.05, 0.1) is 6.61 Å². The summed E-state index contributed by atoms with van der Waals surface area (Å²) in [7, 11) is 0. The Hall–Kier alpha value is -1.27. The zero-order valence-corrected chi connectivity index (χ0v) is 7.41. The Kier molecular flexibility index (Phi) is 4.21. The lowest BCUT2D eigenvalue weighted by Gasteiger charge is -2.04. The normalized spacial score (nSPS) is 10.6. The van der Waals surface area contributed by atoms with Gasteiger partial charge in [-0.1, -0.05) is 0 Å². The maximum Gasteiger partial charge on any atom is 0.261 e. The van der Waals surface area contributed by atoms with Crippen LogP contribution in [-0.2, 0) is 11.3 Å². The van der Waals surface area contributed by atoms with Crippen LogP contribution >= 0.6 is 0 Å². The van der Waals surface area contributed by atoms with Crippen molar-refractivity contribution in [1.82, 2.24) is 4.98 Å². The summed E-state index contributed by atoms with van der Waals surface area (Å²) >= 11 is 0. The van der Waals surface area contributed by atoms with Crippen molar-refractivity contribution in [3.8, 4) is 0 Å². The van der Waals surface area contributed by atoms with Crippen molar-refractivity contribution < 1.29 is 13.5 Å². The molecule has 0 saturated heterocycles. The predicted molar refractivity (Wildman–Crippen MR) is 47.7 cm³/mol. The van der Waals surface area contributed by atoms with Crippen molar-refractivity contribution >= 4 is 5.82 Å². The Morgan fingerprint density at radius 2 is 2.36 bits per heavy atom. The Labute approximate surface area is 80.1 Å². The average Bonchev–Trinajstić information content (AvgIpc) is 2.18. The van der Waals surface area contributed by atoms with Crippen molar-refractivity contribution in [3.05, 3.63) is 23.9 Å². The molecule has 0 unspecified atom stereocenters. The van der Waals surface area contributed by atoms with Crippen LogP contribution in [-0.4, -0.2) is 18.0 Å². The molecule has 0 amide bonds. The minimum Gasteiger partial charge on any atom is -0.371 e. The van der Waals surface area contributed by atoms with Gasteiger partial charge in [0, 0.05) is 6.20 Å². The number of nitrogens with two attached hydrogens (primary N) is 1. The van der Waals surface area contributed by atoms with E-state index in [0.717, 1.165) is 5.56 Å². The van der Waals surface area contributed by atoms with E-state index in [1.54, 1.807) is 12.1 Å². The number of hydrogen-bond acceptors (Lipinski definition) is 4. The first-order chi connectivity index (χ1) is 6.72. The summed E-state index contributed by atoms with van der Waals surface area (Å²) in [6.45, 7) is -0.435. The standard InChI is InChI=1S/C8H11F2N3O/c9-7(10)5-14-4-6-1-2-12-8(3-6)13-11/h1-3,7H,4-5,11H2,(H,12,13). The van der Waals surface area contributed by atoms with E-state index in [9.17, 15) is 8.78 Å². The van der Waals surface area contributed by atoms with E-state index in [2.05, 4.69) is 10.4 Å². The van der Waals surface area contributed by atoms with Gasteiger partial charge in [0.1, 0.15) is 12.4 Å². The average molecular weight is 203 g/mol. The molecule has 14 heavy (non-hydrogen) atoms. The summed E-state index contributed by atoms with van der Waals surface area (Å²) in [6, 6.07) is 3.30. The summed E-state index contributed by atoms with van der Waals surface area (Å²) < 4.78 is 28.2. The van der Waals surface area contributed by atoms with Crippen molar-refractivity contribution in [3.63, 3.8) is 0 Å². The number of ether oxygens (including phenoxy) is 1. The van der Waals surface area contributed by atoms with Gasteiger partial charge in [-0.3, -0.25) is 0 Å². The Morgan fingerprint density at radius 3 is 3.00 bits per heavy atom.